The summed E-state index contributed by atoms with van der Waals surface area (Å²) in [5.74, 6) is 1.03. The van der Waals surface area contributed by atoms with Crippen molar-refractivity contribution >= 4 is 17.5 Å². The molecule has 0 aliphatic heterocycles. The molecule has 1 rings (SSSR count). The van der Waals surface area contributed by atoms with E-state index in [0.29, 0.717) is 23.8 Å². The Morgan fingerprint density at radius 1 is 1.35 bits per heavy atom. The van der Waals surface area contributed by atoms with Crippen LogP contribution in [-0.4, -0.2) is 24.4 Å². The second-order valence-electron chi connectivity index (χ2n) is 5.80. The van der Waals surface area contributed by atoms with Crippen molar-refractivity contribution in [2.24, 2.45) is 5.41 Å². The van der Waals surface area contributed by atoms with Crippen LogP contribution >= 0.6 is 11.6 Å². The number of alkyl halides is 1. The smallest absolute Gasteiger partial charge is 0.255 e. The number of nitrogens with one attached hydrogen (secondary N) is 1. The summed E-state index contributed by atoms with van der Waals surface area (Å²) in [7, 11) is 0. The maximum absolute atomic E-state index is 12.4. The van der Waals surface area contributed by atoms with Gasteiger partial charge in [0.05, 0.1) is 12.2 Å². The lowest BCUT2D eigenvalue weighted by Crippen LogP contribution is -2.44. The molecular formula is C16H24ClNO2. The fourth-order valence-electron chi connectivity index (χ4n) is 2.00. The number of amides is 1. The first-order valence-corrected chi connectivity index (χ1v) is 7.52. The molecule has 0 saturated carbocycles. The van der Waals surface area contributed by atoms with E-state index < -0.39 is 0 Å². The molecule has 0 aliphatic rings. The van der Waals surface area contributed by atoms with Gasteiger partial charge < -0.3 is 10.1 Å². The summed E-state index contributed by atoms with van der Waals surface area (Å²) in [5, 5.41) is 3.07. The topological polar surface area (TPSA) is 38.3 Å². The molecule has 0 radical (unpaired) electrons. The van der Waals surface area contributed by atoms with E-state index >= 15 is 0 Å². The molecule has 112 valence electrons. The van der Waals surface area contributed by atoms with Crippen LogP contribution in [0.15, 0.2) is 24.3 Å². The third kappa shape index (κ3) is 4.71. The lowest BCUT2D eigenvalue weighted by atomic mass is 9.85. The van der Waals surface area contributed by atoms with Gasteiger partial charge in [0.25, 0.3) is 5.91 Å². The molecule has 1 unspecified atom stereocenters. The fourth-order valence-corrected chi connectivity index (χ4v) is 2.22. The van der Waals surface area contributed by atoms with E-state index in [9.17, 15) is 4.79 Å². The lowest BCUT2D eigenvalue weighted by molar-refractivity contribution is 0.0896. The zero-order valence-electron chi connectivity index (χ0n) is 12.7. The van der Waals surface area contributed by atoms with E-state index in [2.05, 4.69) is 26.1 Å². The average molecular weight is 298 g/mol. The lowest BCUT2D eigenvalue weighted by Gasteiger charge is -2.31. The van der Waals surface area contributed by atoms with Gasteiger partial charge in [-0.25, -0.2) is 0 Å². The van der Waals surface area contributed by atoms with Gasteiger partial charge in [-0.1, -0.05) is 32.9 Å². The SMILES string of the molecule is CCOc1ccccc1C(=O)NC(CCCl)C(C)(C)C. The van der Waals surface area contributed by atoms with Crippen LogP contribution in [-0.2, 0) is 0 Å². The van der Waals surface area contributed by atoms with E-state index in [4.69, 9.17) is 16.3 Å². The number of para-hydroxylation sites is 1. The molecule has 1 aromatic rings. The zero-order chi connectivity index (χ0) is 15.2. The molecule has 0 heterocycles. The minimum atomic E-state index is -0.112. The first-order valence-electron chi connectivity index (χ1n) is 6.98. The summed E-state index contributed by atoms with van der Waals surface area (Å²) >= 11 is 5.84. The normalized spacial score (nSPS) is 12.8. The molecule has 0 saturated heterocycles. The van der Waals surface area contributed by atoms with Crippen LogP contribution in [0.1, 0.15) is 44.5 Å². The fraction of sp³-hybridized carbons (Fsp3) is 0.562. The molecule has 1 atom stereocenters. The minimum Gasteiger partial charge on any atom is -0.493 e. The first kappa shape index (κ1) is 16.8. The van der Waals surface area contributed by atoms with Crippen molar-refractivity contribution < 1.29 is 9.53 Å². The predicted octanol–water partition coefficient (Wildman–Crippen LogP) is 3.86. The van der Waals surface area contributed by atoms with Gasteiger partial charge in [0.2, 0.25) is 0 Å². The van der Waals surface area contributed by atoms with Crippen molar-refractivity contribution in [1.82, 2.24) is 5.32 Å². The van der Waals surface area contributed by atoms with Gasteiger partial charge in [0.15, 0.2) is 0 Å². The van der Waals surface area contributed by atoms with Gasteiger partial charge in [0, 0.05) is 11.9 Å². The maximum atomic E-state index is 12.4. The van der Waals surface area contributed by atoms with Gasteiger partial charge >= 0.3 is 0 Å². The highest BCUT2D eigenvalue weighted by molar-refractivity contribution is 6.17. The van der Waals surface area contributed by atoms with Crippen molar-refractivity contribution in [3.8, 4) is 5.75 Å². The standard InChI is InChI=1S/C16H24ClNO2/c1-5-20-13-9-7-6-8-12(13)15(19)18-14(10-11-17)16(2,3)4/h6-9,14H,5,10-11H2,1-4H3,(H,18,19). The largest absolute Gasteiger partial charge is 0.493 e. The first-order chi connectivity index (χ1) is 9.40. The molecule has 4 heteroatoms. The number of carbonyl (C=O) groups is 1. The van der Waals surface area contributed by atoms with Gasteiger partial charge in [-0.2, -0.15) is 0 Å². The van der Waals surface area contributed by atoms with Crippen LogP contribution in [0, 0.1) is 5.41 Å². The number of rotatable bonds is 6. The van der Waals surface area contributed by atoms with Gasteiger partial charge in [-0.05, 0) is 30.9 Å². The Bertz CT molecular complexity index is 440. The van der Waals surface area contributed by atoms with E-state index in [0.717, 1.165) is 6.42 Å². The zero-order valence-corrected chi connectivity index (χ0v) is 13.5. The molecule has 0 aromatic heterocycles. The molecule has 20 heavy (non-hydrogen) atoms. The Morgan fingerprint density at radius 3 is 2.55 bits per heavy atom. The summed E-state index contributed by atoms with van der Waals surface area (Å²) in [6.45, 7) is 8.73. The van der Waals surface area contributed by atoms with Gasteiger partial charge in [-0.3, -0.25) is 4.79 Å². The minimum absolute atomic E-state index is 0.0298. The number of hydrogen-bond donors (Lipinski definition) is 1. The van der Waals surface area contributed by atoms with Crippen LogP contribution in [0.2, 0.25) is 0 Å². The molecular weight excluding hydrogens is 274 g/mol. The number of benzene rings is 1. The third-order valence-corrected chi connectivity index (χ3v) is 3.40. The molecule has 0 bridgehead atoms. The van der Waals surface area contributed by atoms with Crippen molar-refractivity contribution in [1.29, 1.82) is 0 Å². The molecule has 1 N–H and O–H groups in total. The van der Waals surface area contributed by atoms with Crippen LogP contribution < -0.4 is 10.1 Å². The molecule has 0 spiro atoms. The van der Waals surface area contributed by atoms with Crippen molar-refractivity contribution in [2.75, 3.05) is 12.5 Å². The Labute approximate surface area is 126 Å². The van der Waals surface area contributed by atoms with E-state index in [1.807, 2.05) is 25.1 Å². The second-order valence-corrected chi connectivity index (χ2v) is 6.18. The second kappa shape index (κ2) is 7.53. The van der Waals surface area contributed by atoms with Gasteiger partial charge in [0.1, 0.15) is 5.75 Å². The maximum Gasteiger partial charge on any atom is 0.255 e. The Kier molecular flexibility index (Phi) is 6.34. The molecule has 0 fully saturated rings. The number of halogens is 1. The summed E-state index contributed by atoms with van der Waals surface area (Å²) < 4.78 is 5.50. The highest BCUT2D eigenvalue weighted by Gasteiger charge is 2.26. The van der Waals surface area contributed by atoms with Crippen LogP contribution in [0.3, 0.4) is 0 Å². The highest BCUT2D eigenvalue weighted by Crippen LogP contribution is 2.24. The third-order valence-electron chi connectivity index (χ3n) is 3.18. The van der Waals surface area contributed by atoms with Crippen LogP contribution in [0.4, 0.5) is 0 Å². The monoisotopic (exact) mass is 297 g/mol. The number of carbonyl (C=O) groups excluding carboxylic acids is 1. The summed E-state index contributed by atoms with van der Waals surface area (Å²) in [6, 6.07) is 7.32. The van der Waals surface area contributed by atoms with Crippen molar-refractivity contribution in [3.63, 3.8) is 0 Å². The quantitative estimate of drug-likeness (QED) is 0.810. The average Bonchev–Trinajstić information content (AvgIpc) is 2.38. The van der Waals surface area contributed by atoms with Crippen LogP contribution in [0.25, 0.3) is 0 Å². The molecule has 1 aromatic carbocycles. The van der Waals surface area contributed by atoms with Gasteiger partial charge in [-0.15, -0.1) is 11.6 Å². The van der Waals surface area contributed by atoms with Crippen LogP contribution in [0.5, 0.6) is 5.75 Å². The summed E-state index contributed by atoms with van der Waals surface area (Å²) in [6.07, 6.45) is 0.744. The Hall–Kier alpha value is -1.22. The highest BCUT2D eigenvalue weighted by atomic mass is 35.5. The Morgan fingerprint density at radius 2 is 2.00 bits per heavy atom. The predicted molar refractivity (Wildman–Crippen MR) is 83.7 cm³/mol. The Balaban J connectivity index is 2.89. The summed E-state index contributed by atoms with van der Waals surface area (Å²) in [5.41, 5.74) is 0.531. The van der Waals surface area contributed by atoms with Crippen molar-refractivity contribution in [2.45, 2.75) is 40.2 Å². The number of hydrogen-bond acceptors (Lipinski definition) is 2. The van der Waals surface area contributed by atoms with Crippen molar-refractivity contribution in [3.05, 3.63) is 29.8 Å². The molecule has 0 aliphatic carbocycles. The van der Waals surface area contributed by atoms with E-state index in [1.54, 1.807) is 6.07 Å². The molecule has 3 nitrogen and oxygen atoms in total. The molecule has 1 amide bonds. The van der Waals surface area contributed by atoms with E-state index in [1.165, 1.54) is 0 Å². The number of ether oxygens (including phenoxy) is 1. The van der Waals surface area contributed by atoms with E-state index in [-0.39, 0.29) is 17.4 Å². The summed E-state index contributed by atoms with van der Waals surface area (Å²) in [4.78, 5) is 12.4.